The number of carbonyl (C=O) groups is 1. The van der Waals surface area contributed by atoms with Crippen LogP contribution in [-0.2, 0) is 12.8 Å². The number of hydrogen-bond acceptors (Lipinski definition) is 2. The number of pyridine rings is 1. The van der Waals surface area contributed by atoms with Crippen molar-refractivity contribution in [2.24, 2.45) is 0 Å². The van der Waals surface area contributed by atoms with Gasteiger partial charge in [0, 0.05) is 12.2 Å². The Morgan fingerprint density at radius 1 is 1.29 bits per heavy atom. The Bertz CT molecular complexity index is 739. The van der Waals surface area contributed by atoms with E-state index in [1.165, 1.54) is 23.4 Å². The van der Waals surface area contributed by atoms with E-state index in [-0.39, 0.29) is 22.5 Å². The number of rotatable bonds is 2. The minimum Gasteiger partial charge on any atom is -0.349 e. The van der Waals surface area contributed by atoms with Crippen molar-refractivity contribution in [3.05, 3.63) is 68.6 Å². The van der Waals surface area contributed by atoms with Crippen molar-refractivity contribution in [3.8, 4) is 0 Å². The van der Waals surface area contributed by atoms with Gasteiger partial charge in [0.05, 0.1) is 5.56 Å². The molecule has 1 aliphatic rings. The molecule has 0 spiro atoms. The van der Waals surface area contributed by atoms with E-state index in [0.717, 1.165) is 19.3 Å². The van der Waals surface area contributed by atoms with Crippen LogP contribution in [0.5, 0.6) is 0 Å². The number of nitrogens with one attached hydrogen (secondary N) is 2. The average molecular weight is 303 g/mol. The quantitative estimate of drug-likeness (QED) is 0.894. The second kappa shape index (κ2) is 5.74. The van der Waals surface area contributed by atoms with Gasteiger partial charge < -0.3 is 10.3 Å². The van der Waals surface area contributed by atoms with Gasteiger partial charge in [-0.25, -0.2) is 0 Å². The number of aryl methyl sites for hydroxylation is 1. The van der Waals surface area contributed by atoms with Gasteiger partial charge in [-0.2, -0.15) is 0 Å². The van der Waals surface area contributed by atoms with Gasteiger partial charge in [0.25, 0.3) is 11.5 Å². The van der Waals surface area contributed by atoms with Crippen molar-refractivity contribution in [1.29, 1.82) is 0 Å². The maximum Gasteiger partial charge on any atom is 0.266 e. The van der Waals surface area contributed by atoms with Gasteiger partial charge in [-0.15, -0.1) is 0 Å². The van der Waals surface area contributed by atoms with E-state index >= 15 is 0 Å². The first-order chi connectivity index (χ1) is 10.1. The lowest BCUT2D eigenvalue weighted by Crippen LogP contribution is -2.39. The Balaban J connectivity index is 1.71. The van der Waals surface area contributed by atoms with E-state index in [1.54, 1.807) is 0 Å². The minimum atomic E-state index is -0.389. The lowest BCUT2D eigenvalue weighted by atomic mass is 9.88. The van der Waals surface area contributed by atoms with Crippen LogP contribution >= 0.6 is 11.6 Å². The number of fused-ring (bicyclic) bond motifs is 1. The van der Waals surface area contributed by atoms with Crippen LogP contribution in [0.4, 0.5) is 0 Å². The van der Waals surface area contributed by atoms with E-state index in [2.05, 4.69) is 22.4 Å². The second-order valence-electron chi connectivity index (χ2n) is 5.25. The molecule has 2 N–H and O–H groups in total. The highest BCUT2D eigenvalue weighted by atomic mass is 35.5. The summed E-state index contributed by atoms with van der Waals surface area (Å²) < 4.78 is 0. The summed E-state index contributed by atoms with van der Waals surface area (Å²) >= 11 is 5.74. The van der Waals surface area contributed by atoms with Crippen LogP contribution in [-0.4, -0.2) is 16.9 Å². The summed E-state index contributed by atoms with van der Waals surface area (Å²) in [6, 6.07) is 9.80. The molecule has 1 aliphatic carbocycles. The number of benzene rings is 1. The maximum absolute atomic E-state index is 12.2. The van der Waals surface area contributed by atoms with Crippen LogP contribution in [0, 0.1) is 0 Å². The Kier molecular flexibility index (Phi) is 3.80. The highest BCUT2D eigenvalue weighted by Crippen LogP contribution is 2.21. The molecule has 0 bridgehead atoms. The Morgan fingerprint density at radius 3 is 2.81 bits per heavy atom. The average Bonchev–Trinajstić information content (AvgIpc) is 2.50. The highest BCUT2D eigenvalue weighted by Gasteiger charge is 2.20. The molecule has 1 atom stereocenters. The highest BCUT2D eigenvalue weighted by molar-refractivity contribution is 6.30. The van der Waals surface area contributed by atoms with Crippen molar-refractivity contribution in [2.75, 3.05) is 0 Å². The molecule has 1 aromatic carbocycles. The third-order valence-electron chi connectivity index (χ3n) is 3.80. The predicted octanol–water partition coefficient (Wildman–Crippen LogP) is 2.32. The molecule has 1 aromatic heterocycles. The summed E-state index contributed by atoms with van der Waals surface area (Å²) in [4.78, 5) is 25.9. The lowest BCUT2D eigenvalue weighted by Gasteiger charge is -2.25. The SMILES string of the molecule is O=C(NC1CCc2ccccc2C1)c1c[nH]c(=O)c(Cl)c1. The molecular formula is C16H15ClN2O2. The van der Waals surface area contributed by atoms with Gasteiger partial charge in [0.2, 0.25) is 0 Å². The molecule has 1 heterocycles. The number of amides is 1. The fourth-order valence-corrected chi connectivity index (χ4v) is 2.85. The number of halogens is 1. The molecule has 3 rings (SSSR count). The number of hydrogen-bond donors (Lipinski definition) is 2. The maximum atomic E-state index is 12.2. The largest absolute Gasteiger partial charge is 0.349 e. The van der Waals surface area contributed by atoms with Gasteiger partial charge in [0.1, 0.15) is 5.02 Å². The zero-order valence-corrected chi connectivity index (χ0v) is 12.1. The monoisotopic (exact) mass is 302 g/mol. The van der Waals surface area contributed by atoms with E-state index in [9.17, 15) is 9.59 Å². The van der Waals surface area contributed by atoms with E-state index in [1.807, 2.05) is 12.1 Å². The molecule has 21 heavy (non-hydrogen) atoms. The van der Waals surface area contributed by atoms with E-state index in [4.69, 9.17) is 11.6 Å². The number of H-pyrrole nitrogens is 1. The van der Waals surface area contributed by atoms with Gasteiger partial charge in [-0.1, -0.05) is 35.9 Å². The summed E-state index contributed by atoms with van der Waals surface area (Å²) in [5.41, 5.74) is 2.63. The molecule has 0 saturated heterocycles. The molecule has 0 radical (unpaired) electrons. The smallest absolute Gasteiger partial charge is 0.266 e. The molecule has 1 amide bonds. The van der Waals surface area contributed by atoms with Gasteiger partial charge in [0.15, 0.2) is 0 Å². The summed E-state index contributed by atoms with van der Waals surface area (Å²) in [5, 5.41) is 3.03. The van der Waals surface area contributed by atoms with Crippen LogP contribution in [0.15, 0.2) is 41.3 Å². The third kappa shape index (κ3) is 3.00. The predicted molar refractivity (Wildman–Crippen MR) is 81.8 cm³/mol. The van der Waals surface area contributed by atoms with Crippen molar-refractivity contribution in [3.63, 3.8) is 0 Å². The van der Waals surface area contributed by atoms with E-state index in [0.29, 0.717) is 5.56 Å². The van der Waals surface area contributed by atoms with Crippen LogP contribution in [0.25, 0.3) is 0 Å². The van der Waals surface area contributed by atoms with Gasteiger partial charge in [-0.3, -0.25) is 9.59 Å². The number of aromatic amines is 1. The first-order valence-electron chi connectivity index (χ1n) is 6.89. The molecular weight excluding hydrogens is 288 g/mol. The molecule has 1 unspecified atom stereocenters. The zero-order chi connectivity index (χ0) is 14.8. The third-order valence-corrected chi connectivity index (χ3v) is 4.08. The van der Waals surface area contributed by atoms with Crippen molar-refractivity contribution in [1.82, 2.24) is 10.3 Å². The van der Waals surface area contributed by atoms with Crippen molar-refractivity contribution in [2.45, 2.75) is 25.3 Å². The van der Waals surface area contributed by atoms with Crippen LogP contribution < -0.4 is 10.9 Å². The molecule has 0 fully saturated rings. The number of aromatic nitrogens is 1. The number of carbonyl (C=O) groups excluding carboxylic acids is 1. The van der Waals surface area contributed by atoms with Crippen molar-refractivity contribution < 1.29 is 4.79 Å². The molecule has 4 nitrogen and oxygen atoms in total. The first kappa shape index (κ1) is 13.9. The normalized spacial score (nSPS) is 17.1. The van der Waals surface area contributed by atoms with Gasteiger partial charge >= 0.3 is 0 Å². The van der Waals surface area contributed by atoms with Crippen molar-refractivity contribution >= 4 is 17.5 Å². The second-order valence-corrected chi connectivity index (χ2v) is 5.65. The first-order valence-corrected chi connectivity index (χ1v) is 7.27. The molecule has 2 aromatic rings. The summed E-state index contributed by atoms with van der Waals surface area (Å²) in [6.07, 6.45) is 4.10. The summed E-state index contributed by atoms with van der Waals surface area (Å²) in [6.45, 7) is 0. The zero-order valence-electron chi connectivity index (χ0n) is 11.4. The van der Waals surface area contributed by atoms with Crippen LogP contribution in [0.1, 0.15) is 27.9 Å². The molecule has 0 aliphatic heterocycles. The summed E-state index contributed by atoms with van der Waals surface area (Å²) in [5.74, 6) is -0.211. The Morgan fingerprint density at radius 2 is 2.05 bits per heavy atom. The van der Waals surface area contributed by atoms with Crippen LogP contribution in [0.3, 0.4) is 0 Å². The molecule has 108 valence electrons. The van der Waals surface area contributed by atoms with Gasteiger partial charge in [-0.05, 0) is 36.5 Å². The fourth-order valence-electron chi connectivity index (χ4n) is 2.68. The lowest BCUT2D eigenvalue weighted by molar-refractivity contribution is 0.0933. The van der Waals surface area contributed by atoms with Crippen LogP contribution in [0.2, 0.25) is 5.02 Å². The summed E-state index contributed by atoms with van der Waals surface area (Å²) in [7, 11) is 0. The Labute approximate surface area is 127 Å². The molecule has 5 heteroatoms. The molecule has 0 saturated carbocycles. The standard InChI is InChI=1S/C16H15ClN2O2/c17-14-8-12(9-18-16(14)21)15(20)19-13-6-5-10-3-1-2-4-11(10)7-13/h1-4,8-9,13H,5-7H2,(H,18,21)(H,19,20). The van der Waals surface area contributed by atoms with E-state index < -0.39 is 0 Å². The Hall–Kier alpha value is -2.07. The fraction of sp³-hybridized carbons (Fsp3) is 0.250. The minimum absolute atomic E-state index is 0.0247. The topological polar surface area (TPSA) is 62.0 Å².